The van der Waals surface area contributed by atoms with Crippen LogP contribution in [0.3, 0.4) is 0 Å². The van der Waals surface area contributed by atoms with Crippen molar-refractivity contribution in [1.29, 1.82) is 5.26 Å². The topological polar surface area (TPSA) is 95.3 Å². The van der Waals surface area contributed by atoms with Gasteiger partial charge in [0.05, 0.1) is 11.3 Å². The van der Waals surface area contributed by atoms with Crippen molar-refractivity contribution in [3.05, 3.63) is 53.9 Å². The molecule has 1 N–H and O–H groups in total. The zero-order chi connectivity index (χ0) is 24.7. The van der Waals surface area contributed by atoms with Crippen LogP contribution in [0.5, 0.6) is 5.75 Å². The summed E-state index contributed by atoms with van der Waals surface area (Å²) in [4.78, 5) is 31.5. The summed E-state index contributed by atoms with van der Waals surface area (Å²) in [5.41, 5.74) is -0.0105. The van der Waals surface area contributed by atoms with E-state index in [-0.39, 0.29) is 17.3 Å². The molecular weight excluding hydrogens is 473 g/mol. The van der Waals surface area contributed by atoms with Crippen LogP contribution < -0.4 is 15.0 Å². The predicted octanol–water partition coefficient (Wildman–Crippen LogP) is 4.61. The van der Waals surface area contributed by atoms with E-state index in [0.717, 1.165) is 55.2 Å². The minimum absolute atomic E-state index is 0.0738. The fraction of sp³-hybridized carbons (Fsp3) is 0.391. The van der Waals surface area contributed by atoms with Crippen LogP contribution in [0.1, 0.15) is 49.3 Å². The number of amides is 2. The van der Waals surface area contributed by atoms with Crippen molar-refractivity contribution < 1.29 is 27.5 Å². The minimum Gasteiger partial charge on any atom is -0.406 e. The molecule has 1 unspecified atom stereocenters. The van der Waals surface area contributed by atoms with Gasteiger partial charge in [-0.3, -0.25) is 19.5 Å². The molecule has 7 nitrogen and oxygen atoms in total. The average molecular weight is 495 g/mol. The Kier molecular flexibility index (Phi) is 8.34. The Morgan fingerprint density at radius 3 is 2.59 bits per heavy atom. The second-order valence-electron chi connectivity index (χ2n) is 7.77. The maximum absolute atomic E-state index is 13.5. The number of benzene rings is 1. The first-order valence-corrected chi connectivity index (χ1v) is 11.1. The van der Waals surface area contributed by atoms with E-state index in [2.05, 4.69) is 15.0 Å². The van der Waals surface area contributed by atoms with E-state index in [1.807, 2.05) is 0 Å². The Morgan fingerprint density at radius 2 is 2.00 bits per heavy atom. The van der Waals surface area contributed by atoms with Crippen molar-refractivity contribution in [3.63, 3.8) is 0 Å². The molecule has 0 spiro atoms. The highest BCUT2D eigenvalue weighted by Gasteiger charge is 2.36. The Hall–Kier alpha value is -3.32. The number of anilines is 1. The number of ether oxygens (including phenoxy) is 1. The number of nitrogens with one attached hydrogen (secondary N) is 1. The van der Waals surface area contributed by atoms with Gasteiger partial charge < -0.3 is 10.1 Å². The molecule has 2 amide bonds. The van der Waals surface area contributed by atoms with Gasteiger partial charge in [0, 0.05) is 30.1 Å². The Morgan fingerprint density at radius 1 is 1.26 bits per heavy atom. The summed E-state index contributed by atoms with van der Waals surface area (Å²) in [5.74, 6) is -2.37. The summed E-state index contributed by atoms with van der Waals surface area (Å²) in [6.45, 7) is 0. The predicted molar refractivity (Wildman–Crippen MR) is 118 cm³/mol. The van der Waals surface area contributed by atoms with Crippen molar-refractivity contribution in [3.8, 4) is 11.8 Å². The highest BCUT2D eigenvalue weighted by atomic mass is 35.5. The summed E-state index contributed by atoms with van der Waals surface area (Å²) in [7, 11) is 0. The molecule has 1 aromatic carbocycles. The van der Waals surface area contributed by atoms with Gasteiger partial charge in [0.15, 0.2) is 0 Å². The largest absolute Gasteiger partial charge is 0.573 e. The van der Waals surface area contributed by atoms with E-state index < -0.39 is 35.8 Å². The van der Waals surface area contributed by atoms with Crippen LogP contribution in [-0.4, -0.2) is 35.1 Å². The van der Waals surface area contributed by atoms with Crippen molar-refractivity contribution in [2.45, 2.75) is 50.6 Å². The molecule has 2 aromatic rings. The Balaban J connectivity index is 2.06. The van der Waals surface area contributed by atoms with Gasteiger partial charge in [-0.15, -0.1) is 24.8 Å². The van der Waals surface area contributed by atoms with Gasteiger partial charge in [-0.1, -0.05) is 25.3 Å². The summed E-state index contributed by atoms with van der Waals surface area (Å²) < 4.78 is 41.8. The van der Waals surface area contributed by atoms with Crippen LogP contribution in [0.2, 0.25) is 0 Å². The SMILES string of the molecule is N#Cc1cc(OC(F)(F)F)ccc1N(C(=O)CCl)C(C(=O)NC1CCCCC1)c1cccnc1. The molecule has 0 bridgehead atoms. The summed E-state index contributed by atoms with van der Waals surface area (Å²) >= 11 is 5.84. The van der Waals surface area contributed by atoms with E-state index in [9.17, 15) is 28.0 Å². The number of carbonyl (C=O) groups excluding carboxylic acids is 2. The maximum atomic E-state index is 13.5. The van der Waals surface area contributed by atoms with E-state index in [1.54, 1.807) is 18.2 Å². The number of pyridine rings is 1. The molecule has 1 saturated carbocycles. The molecule has 1 fully saturated rings. The molecule has 1 aliphatic rings. The van der Waals surface area contributed by atoms with Gasteiger partial charge in [0.25, 0.3) is 0 Å². The van der Waals surface area contributed by atoms with Crippen molar-refractivity contribution in [1.82, 2.24) is 10.3 Å². The maximum Gasteiger partial charge on any atom is 0.573 e. The number of hydrogen-bond donors (Lipinski definition) is 1. The molecule has 11 heteroatoms. The van der Waals surface area contributed by atoms with Crippen LogP contribution in [-0.2, 0) is 9.59 Å². The molecule has 0 saturated heterocycles. The van der Waals surface area contributed by atoms with Crippen LogP contribution in [0.4, 0.5) is 18.9 Å². The molecule has 0 aliphatic heterocycles. The molecule has 3 rings (SSSR count). The fourth-order valence-corrected chi connectivity index (χ4v) is 4.10. The monoisotopic (exact) mass is 494 g/mol. The highest BCUT2D eigenvalue weighted by molar-refractivity contribution is 6.30. The van der Waals surface area contributed by atoms with Gasteiger partial charge in [-0.25, -0.2) is 0 Å². The lowest BCUT2D eigenvalue weighted by atomic mass is 9.94. The number of halogens is 4. The molecule has 0 radical (unpaired) electrons. The standard InChI is InChI=1S/C23H22ClF3N4O3/c24-12-20(32)31(19-9-8-18(11-16(19)13-28)34-23(25,26)27)21(15-5-4-10-29-14-15)22(33)30-17-6-2-1-3-7-17/h4-5,8-11,14,17,21H,1-3,6-7,12H2,(H,30,33). The lowest BCUT2D eigenvalue weighted by Gasteiger charge is -2.33. The lowest BCUT2D eigenvalue weighted by molar-refractivity contribution is -0.274. The van der Waals surface area contributed by atoms with Crippen molar-refractivity contribution >= 4 is 29.1 Å². The molecule has 34 heavy (non-hydrogen) atoms. The number of carbonyl (C=O) groups is 2. The number of nitrogens with zero attached hydrogens (tertiary/aromatic N) is 3. The van der Waals surface area contributed by atoms with Gasteiger partial charge in [0.2, 0.25) is 11.8 Å². The molecule has 180 valence electrons. The number of alkyl halides is 4. The second-order valence-corrected chi connectivity index (χ2v) is 8.04. The zero-order valence-electron chi connectivity index (χ0n) is 18.0. The first-order valence-electron chi connectivity index (χ1n) is 10.6. The van der Waals surface area contributed by atoms with Crippen molar-refractivity contribution in [2.24, 2.45) is 0 Å². The van der Waals surface area contributed by atoms with Crippen LogP contribution >= 0.6 is 11.6 Å². The summed E-state index contributed by atoms with van der Waals surface area (Å²) in [6, 6.07) is 6.59. The number of aromatic nitrogens is 1. The normalized spacial score (nSPS) is 15.1. The third-order valence-electron chi connectivity index (χ3n) is 5.42. The molecular formula is C23H22ClF3N4O3. The minimum atomic E-state index is -4.96. The third kappa shape index (κ3) is 6.38. The lowest BCUT2D eigenvalue weighted by Crippen LogP contribution is -2.48. The van der Waals surface area contributed by atoms with Crippen molar-refractivity contribution in [2.75, 3.05) is 10.8 Å². The number of rotatable bonds is 7. The van der Waals surface area contributed by atoms with E-state index in [1.165, 1.54) is 12.4 Å². The Labute approximate surface area is 199 Å². The number of hydrogen-bond acceptors (Lipinski definition) is 5. The van der Waals surface area contributed by atoms with E-state index >= 15 is 0 Å². The molecule has 1 aliphatic carbocycles. The van der Waals surface area contributed by atoms with Crippen LogP contribution in [0.15, 0.2) is 42.7 Å². The highest BCUT2D eigenvalue weighted by Crippen LogP contribution is 2.34. The Bertz CT molecular complexity index is 1050. The van der Waals surface area contributed by atoms with E-state index in [4.69, 9.17) is 11.6 Å². The smallest absolute Gasteiger partial charge is 0.406 e. The third-order valence-corrected chi connectivity index (χ3v) is 5.65. The van der Waals surface area contributed by atoms with Crippen LogP contribution in [0, 0.1) is 11.3 Å². The number of nitriles is 1. The van der Waals surface area contributed by atoms with Gasteiger partial charge in [-0.05, 0) is 31.0 Å². The fourth-order valence-electron chi connectivity index (χ4n) is 3.98. The average Bonchev–Trinajstić information content (AvgIpc) is 2.82. The van der Waals surface area contributed by atoms with Gasteiger partial charge in [-0.2, -0.15) is 5.26 Å². The van der Waals surface area contributed by atoms with E-state index in [0.29, 0.717) is 5.56 Å². The molecule has 1 atom stereocenters. The van der Waals surface area contributed by atoms with Gasteiger partial charge >= 0.3 is 6.36 Å². The zero-order valence-corrected chi connectivity index (χ0v) is 18.8. The first-order chi connectivity index (χ1) is 16.2. The quantitative estimate of drug-likeness (QED) is 0.567. The first kappa shape index (κ1) is 25.3. The van der Waals surface area contributed by atoms with Gasteiger partial charge in [0.1, 0.15) is 23.7 Å². The molecule has 1 aromatic heterocycles. The summed E-state index contributed by atoms with van der Waals surface area (Å²) in [6.07, 6.45) is 2.54. The second kappa shape index (κ2) is 11.2. The van der Waals surface area contributed by atoms with Crippen LogP contribution in [0.25, 0.3) is 0 Å². The molecule has 1 heterocycles. The summed E-state index contributed by atoms with van der Waals surface area (Å²) in [5, 5.41) is 12.6.